The molecule has 2 fully saturated rings. The van der Waals surface area contributed by atoms with E-state index in [1.54, 1.807) is 12.2 Å². The van der Waals surface area contributed by atoms with Crippen molar-refractivity contribution < 1.29 is 48.4 Å². The van der Waals surface area contributed by atoms with Crippen LogP contribution in [0.3, 0.4) is 0 Å². The summed E-state index contributed by atoms with van der Waals surface area (Å²) in [7, 11) is 0. The quantitative estimate of drug-likeness (QED) is 0.229. The first kappa shape index (κ1) is 29.1. The molecular formula is C28H36O10. The molecule has 10 nitrogen and oxygen atoms in total. The number of ether oxygens (including phenoxy) is 3. The number of hydrogen-bond acceptors (Lipinski definition) is 8. The molecule has 2 aliphatic carbocycles. The number of carboxylic acid groups (broad SMARTS) is 2. The zero-order chi connectivity index (χ0) is 28.1. The predicted molar refractivity (Wildman–Crippen MR) is 134 cm³/mol. The standard InChI is InChI=1S/C28H36O10/c1-17-4-7-20-27(2,19(17)6-5-18-13-15-36-26(18)35)14-12-21(38-25(34)11-9-23(31)32)28(20,3)16-37-24(33)10-8-22(29)30/h5-6,13,19-21H,1,4,7-12,14-16H2,2-3H3,(H,29,30)(H,31,32)/b6-5+/t19-,20?,21?,27+,28+/m1/s1. The highest BCUT2D eigenvalue weighted by atomic mass is 16.6. The summed E-state index contributed by atoms with van der Waals surface area (Å²) in [6, 6.07) is 0. The van der Waals surface area contributed by atoms with E-state index in [1.165, 1.54) is 0 Å². The summed E-state index contributed by atoms with van der Waals surface area (Å²) in [4.78, 5) is 58.6. The molecule has 0 saturated heterocycles. The fourth-order valence-electron chi connectivity index (χ4n) is 6.30. The van der Waals surface area contributed by atoms with Gasteiger partial charge in [0.05, 0.1) is 31.3 Å². The third-order valence-corrected chi connectivity index (χ3v) is 8.30. The molecule has 0 spiro atoms. The van der Waals surface area contributed by atoms with E-state index >= 15 is 0 Å². The van der Waals surface area contributed by atoms with Crippen molar-refractivity contribution >= 4 is 29.8 Å². The Labute approximate surface area is 221 Å². The normalized spacial score (nSPS) is 30.8. The predicted octanol–water partition coefficient (Wildman–Crippen LogP) is 3.60. The van der Waals surface area contributed by atoms with Gasteiger partial charge in [0, 0.05) is 11.3 Å². The van der Waals surface area contributed by atoms with Gasteiger partial charge in [0.1, 0.15) is 19.3 Å². The Morgan fingerprint density at radius 3 is 2.34 bits per heavy atom. The maximum absolute atomic E-state index is 12.5. The summed E-state index contributed by atoms with van der Waals surface area (Å²) in [6.07, 6.45) is 6.10. The van der Waals surface area contributed by atoms with Crippen molar-refractivity contribution in [1.82, 2.24) is 0 Å². The summed E-state index contributed by atoms with van der Waals surface area (Å²) < 4.78 is 16.4. The van der Waals surface area contributed by atoms with E-state index in [9.17, 15) is 24.0 Å². The number of aliphatic carboxylic acids is 2. The average Bonchev–Trinajstić information content (AvgIpc) is 3.26. The molecule has 2 unspecified atom stereocenters. The first-order valence-corrected chi connectivity index (χ1v) is 12.9. The van der Waals surface area contributed by atoms with Gasteiger partial charge in [-0.05, 0) is 43.1 Å². The lowest BCUT2D eigenvalue weighted by molar-refractivity contribution is -0.192. The number of cyclic esters (lactones) is 1. The van der Waals surface area contributed by atoms with Crippen molar-refractivity contribution in [1.29, 1.82) is 0 Å². The fraction of sp³-hybridized carbons (Fsp3) is 0.607. The van der Waals surface area contributed by atoms with E-state index in [4.69, 9.17) is 24.4 Å². The molecule has 0 aromatic heterocycles. The van der Waals surface area contributed by atoms with Gasteiger partial charge in [-0.15, -0.1) is 0 Å². The van der Waals surface area contributed by atoms with Gasteiger partial charge in [-0.3, -0.25) is 19.2 Å². The summed E-state index contributed by atoms with van der Waals surface area (Å²) >= 11 is 0. The molecule has 3 aliphatic rings. The third kappa shape index (κ3) is 6.52. The highest BCUT2D eigenvalue weighted by Gasteiger charge is 2.59. The Kier molecular flexibility index (Phi) is 9.17. The van der Waals surface area contributed by atoms with Crippen LogP contribution >= 0.6 is 0 Å². The molecule has 0 amide bonds. The highest BCUT2D eigenvalue weighted by molar-refractivity contribution is 5.93. The lowest BCUT2D eigenvalue weighted by Crippen LogP contribution is -2.58. The van der Waals surface area contributed by atoms with Crippen molar-refractivity contribution in [2.75, 3.05) is 13.2 Å². The summed E-state index contributed by atoms with van der Waals surface area (Å²) in [6.45, 7) is 8.49. The molecule has 1 aliphatic heterocycles. The Balaban J connectivity index is 1.88. The SMILES string of the molecule is C=C1CCC2[C@](C)(COC(=O)CCC(=O)O)C(OC(=O)CCC(=O)O)CC[C@@]2(C)[C@@H]1/C=C/C1=CCOC1=O. The first-order chi connectivity index (χ1) is 17.9. The fourth-order valence-corrected chi connectivity index (χ4v) is 6.30. The third-order valence-electron chi connectivity index (χ3n) is 8.30. The zero-order valence-electron chi connectivity index (χ0n) is 21.9. The van der Waals surface area contributed by atoms with E-state index in [1.807, 2.05) is 13.0 Å². The second-order valence-corrected chi connectivity index (χ2v) is 10.8. The molecule has 2 saturated carbocycles. The van der Waals surface area contributed by atoms with Crippen LogP contribution in [0.2, 0.25) is 0 Å². The van der Waals surface area contributed by atoms with Gasteiger partial charge in [-0.1, -0.05) is 38.2 Å². The number of carbonyl (C=O) groups is 5. The van der Waals surface area contributed by atoms with Crippen LogP contribution in [0.1, 0.15) is 65.2 Å². The molecule has 0 bridgehead atoms. The van der Waals surface area contributed by atoms with Gasteiger partial charge in [-0.25, -0.2) is 4.79 Å². The van der Waals surface area contributed by atoms with Gasteiger partial charge < -0.3 is 24.4 Å². The monoisotopic (exact) mass is 532 g/mol. The average molecular weight is 533 g/mol. The van der Waals surface area contributed by atoms with Gasteiger partial charge in [0.15, 0.2) is 0 Å². The Bertz CT molecular complexity index is 1060. The molecule has 0 radical (unpaired) electrons. The molecule has 0 aromatic rings. The molecule has 38 heavy (non-hydrogen) atoms. The number of allylic oxidation sites excluding steroid dienone is 2. The van der Waals surface area contributed by atoms with E-state index < -0.39 is 35.4 Å². The van der Waals surface area contributed by atoms with Crippen molar-refractivity contribution in [3.05, 3.63) is 36.0 Å². The molecule has 3 rings (SSSR count). The second kappa shape index (κ2) is 12.0. The van der Waals surface area contributed by atoms with Gasteiger partial charge in [0.25, 0.3) is 0 Å². The lowest BCUT2D eigenvalue weighted by atomic mass is 9.46. The topological polar surface area (TPSA) is 154 Å². The van der Waals surface area contributed by atoms with Gasteiger partial charge in [-0.2, -0.15) is 0 Å². The molecule has 208 valence electrons. The maximum Gasteiger partial charge on any atom is 0.338 e. The van der Waals surface area contributed by atoms with E-state index in [0.29, 0.717) is 31.3 Å². The molecule has 2 N–H and O–H groups in total. The number of carboxylic acids is 2. The molecule has 10 heteroatoms. The number of fused-ring (bicyclic) bond motifs is 1. The minimum atomic E-state index is -1.11. The smallest absolute Gasteiger partial charge is 0.338 e. The summed E-state index contributed by atoms with van der Waals surface area (Å²) in [5.74, 6) is -4.05. The van der Waals surface area contributed by atoms with Crippen molar-refractivity contribution in [2.45, 2.75) is 71.3 Å². The van der Waals surface area contributed by atoms with Gasteiger partial charge in [0.2, 0.25) is 0 Å². The maximum atomic E-state index is 12.5. The van der Waals surface area contributed by atoms with Crippen LogP contribution in [0.25, 0.3) is 0 Å². The van der Waals surface area contributed by atoms with Crippen molar-refractivity contribution in [3.8, 4) is 0 Å². The largest absolute Gasteiger partial charge is 0.481 e. The van der Waals surface area contributed by atoms with Crippen LogP contribution in [-0.4, -0.2) is 59.4 Å². The van der Waals surface area contributed by atoms with Crippen molar-refractivity contribution in [2.24, 2.45) is 22.7 Å². The lowest BCUT2D eigenvalue weighted by Gasteiger charge is -2.59. The molecule has 0 aromatic carbocycles. The first-order valence-electron chi connectivity index (χ1n) is 12.9. The molecule has 1 heterocycles. The minimum absolute atomic E-state index is 0.0804. The number of esters is 3. The van der Waals surface area contributed by atoms with Gasteiger partial charge >= 0.3 is 29.8 Å². The summed E-state index contributed by atoms with van der Waals surface area (Å²) in [5, 5.41) is 17.8. The van der Waals surface area contributed by atoms with E-state index in [2.05, 4.69) is 13.5 Å². The Hall–Kier alpha value is -3.43. The highest BCUT2D eigenvalue weighted by Crippen LogP contribution is 2.62. The summed E-state index contributed by atoms with van der Waals surface area (Å²) in [5.41, 5.74) is 0.328. The Morgan fingerprint density at radius 2 is 1.74 bits per heavy atom. The van der Waals surface area contributed by atoms with Crippen LogP contribution in [-0.2, 0) is 38.2 Å². The Morgan fingerprint density at radius 1 is 1.08 bits per heavy atom. The number of carbonyl (C=O) groups excluding carboxylic acids is 3. The van der Waals surface area contributed by atoms with Crippen LogP contribution in [0.4, 0.5) is 0 Å². The molecular weight excluding hydrogens is 496 g/mol. The van der Waals surface area contributed by atoms with E-state index in [0.717, 1.165) is 5.57 Å². The minimum Gasteiger partial charge on any atom is -0.481 e. The van der Waals surface area contributed by atoms with E-state index in [-0.39, 0.29) is 62.1 Å². The van der Waals surface area contributed by atoms with Crippen LogP contribution in [0, 0.1) is 22.7 Å². The number of rotatable bonds is 11. The van der Waals surface area contributed by atoms with Crippen LogP contribution < -0.4 is 0 Å². The van der Waals surface area contributed by atoms with Crippen molar-refractivity contribution in [3.63, 3.8) is 0 Å². The van der Waals surface area contributed by atoms with Crippen LogP contribution in [0.15, 0.2) is 36.0 Å². The second-order valence-electron chi connectivity index (χ2n) is 10.8. The molecule has 5 atom stereocenters. The zero-order valence-corrected chi connectivity index (χ0v) is 21.9. The van der Waals surface area contributed by atoms with Crippen LogP contribution in [0.5, 0.6) is 0 Å². The number of hydrogen-bond donors (Lipinski definition) is 2.